The van der Waals surface area contributed by atoms with Crippen LogP contribution in [0.25, 0.3) is 0 Å². The number of rotatable bonds is 3. The summed E-state index contributed by atoms with van der Waals surface area (Å²) in [5, 5.41) is 7.05. The lowest BCUT2D eigenvalue weighted by molar-refractivity contribution is 0.416. The molecule has 0 saturated heterocycles. The molecule has 0 bridgehead atoms. The van der Waals surface area contributed by atoms with Crippen LogP contribution in [0.5, 0.6) is 5.75 Å². The predicted molar refractivity (Wildman–Crippen MR) is 107 cm³/mol. The molecular formula is C20H26N2OS. The summed E-state index contributed by atoms with van der Waals surface area (Å²) in [5.74, 6) is 0.771. The van der Waals surface area contributed by atoms with Crippen LogP contribution in [0.3, 0.4) is 0 Å². The van der Waals surface area contributed by atoms with Gasteiger partial charge in [0.15, 0.2) is 5.11 Å². The second kappa shape index (κ2) is 7.22. The smallest absolute Gasteiger partial charge is 0.175 e. The third kappa shape index (κ3) is 4.71. The Labute approximate surface area is 150 Å². The number of hydrogen-bond donors (Lipinski definition) is 2. The van der Waals surface area contributed by atoms with Gasteiger partial charge >= 0.3 is 0 Å². The molecular weight excluding hydrogens is 316 g/mol. The molecule has 0 aliphatic heterocycles. The van der Waals surface area contributed by atoms with Crippen molar-refractivity contribution in [2.75, 3.05) is 17.7 Å². The van der Waals surface area contributed by atoms with Crippen molar-refractivity contribution in [2.24, 2.45) is 0 Å². The van der Waals surface area contributed by atoms with Crippen LogP contribution in [-0.4, -0.2) is 12.2 Å². The minimum atomic E-state index is 0.0609. The summed E-state index contributed by atoms with van der Waals surface area (Å²) in [6.07, 6.45) is 0. The minimum Gasteiger partial charge on any atom is -0.495 e. The molecule has 0 spiro atoms. The van der Waals surface area contributed by atoms with Crippen LogP contribution < -0.4 is 15.4 Å². The molecule has 0 saturated carbocycles. The highest BCUT2D eigenvalue weighted by atomic mass is 32.1. The first-order chi connectivity index (χ1) is 11.2. The molecule has 2 aromatic rings. The fraction of sp³-hybridized carbons (Fsp3) is 0.350. The van der Waals surface area contributed by atoms with E-state index in [-0.39, 0.29) is 5.41 Å². The number of methoxy groups -OCH3 is 1. The van der Waals surface area contributed by atoms with E-state index in [2.05, 4.69) is 75.6 Å². The molecule has 0 radical (unpaired) electrons. The van der Waals surface area contributed by atoms with Crippen LogP contribution >= 0.6 is 12.2 Å². The molecule has 0 atom stereocenters. The normalized spacial score (nSPS) is 11.1. The first-order valence-electron chi connectivity index (χ1n) is 8.04. The van der Waals surface area contributed by atoms with Crippen molar-refractivity contribution in [3.05, 3.63) is 53.1 Å². The Bertz CT molecular complexity index is 728. The molecule has 0 aromatic heterocycles. The van der Waals surface area contributed by atoms with Crippen molar-refractivity contribution in [1.82, 2.24) is 0 Å². The van der Waals surface area contributed by atoms with Gasteiger partial charge in [-0.05, 0) is 72.4 Å². The summed E-state index contributed by atoms with van der Waals surface area (Å²) in [4.78, 5) is 0. The van der Waals surface area contributed by atoms with E-state index < -0.39 is 0 Å². The van der Waals surface area contributed by atoms with Gasteiger partial charge in [-0.15, -0.1) is 0 Å². The van der Waals surface area contributed by atoms with Gasteiger partial charge in [0.1, 0.15) is 5.75 Å². The van der Waals surface area contributed by atoms with Crippen LogP contribution in [0.1, 0.15) is 37.5 Å². The van der Waals surface area contributed by atoms with Crippen molar-refractivity contribution in [3.8, 4) is 5.75 Å². The van der Waals surface area contributed by atoms with Crippen LogP contribution in [-0.2, 0) is 5.41 Å². The van der Waals surface area contributed by atoms with Gasteiger partial charge in [-0.3, -0.25) is 0 Å². The van der Waals surface area contributed by atoms with Gasteiger partial charge in [0.2, 0.25) is 0 Å². The van der Waals surface area contributed by atoms with Gasteiger partial charge in [-0.25, -0.2) is 0 Å². The standard InChI is InChI=1S/C20H26N2OS/c1-13-9-14(2)11-16(10-13)21-19(24)22-17-12-15(20(3,4)5)7-8-18(17)23-6/h7-12H,1-6H3,(H2,21,22,24). The van der Waals surface area contributed by atoms with E-state index in [9.17, 15) is 0 Å². The van der Waals surface area contributed by atoms with Gasteiger partial charge in [-0.2, -0.15) is 0 Å². The third-order valence-electron chi connectivity index (χ3n) is 3.79. The molecule has 3 nitrogen and oxygen atoms in total. The highest BCUT2D eigenvalue weighted by Crippen LogP contribution is 2.31. The molecule has 0 heterocycles. The highest BCUT2D eigenvalue weighted by Gasteiger charge is 2.16. The molecule has 128 valence electrons. The second-order valence-electron chi connectivity index (χ2n) is 7.12. The van der Waals surface area contributed by atoms with E-state index in [0.29, 0.717) is 5.11 Å². The Kier molecular flexibility index (Phi) is 5.50. The van der Waals surface area contributed by atoms with Crippen LogP contribution in [0, 0.1) is 13.8 Å². The minimum absolute atomic E-state index is 0.0609. The lowest BCUT2D eigenvalue weighted by Gasteiger charge is -2.22. The van der Waals surface area contributed by atoms with Crippen molar-refractivity contribution >= 4 is 28.7 Å². The van der Waals surface area contributed by atoms with Crippen LogP contribution in [0.2, 0.25) is 0 Å². The van der Waals surface area contributed by atoms with E-state index in [1.54, 1.807) is 7.11 Å². The number of anilines is 2. The van der Waals surface area contributed by atoms with E-state index in [0.717, 1.165) is 17.1 Å². The largest absolute Gasteiger partial charge is 0.495 e. The summed E-state index contributed by atoms with van der Waals surface area (Å²) in [6, 6.07) is 12.4. The Balaban J connectivity index is 2.21. The number of hydrogen-bond acceptors (Lipinski definition) is 2. The SMILES string of the molecule is COc1ccc(C(C)(C)C)cc1NC(=S)Nc1cc(C)cc(C)c1. The topological polar surface area (TPSA) is 33.3 Å². The average Bonchev–Trinajstić information content (AvgIpc) is 2.44. The van der Waals surface area contributed by atoms with Crippen LogP contribution in [0.15, 0.2) is 36.4 Å². The van der Waals surface area contributed by atoms with Gasteiger partial charge in [0.05, 0.1) is 12.8 Å². The van der Waals surface area contributed by atoms with Gasteiger partial charge in [0, 0.05) is 5.69 Å². The summed E-state index contributed by atoms with van der Waals surface area (Å²) < 4.78 is 5.45. The molecule has 2 rings (SSSR count). The summed E-state index contributed by atoms with van der Waals surface area (Å²) >= 11 is 5.47. The molecule has 0 aliphatic carbocycles. The Morgan fingerprint density at radius 2 is 1.58 bits per heavy atom. The second-order valence-corrected chi connectivity index (χ2v) is 7.53. The Hall–Kier alpha value is -2.07. The summed E-state index contributed by atoms with van der Waals surface area (Å²) in [6.45, 7) is 10.7. The number of aryl methyl sites for hydroxylation is 2. The molecule has 0 fully saturated rings. The quantitative estimate of drug-likeness (QED) is 0.730. The van der Waals surface area contributed by atoms with Gasteiger partial charge in [0.25, 0.3) is 0 Å². The van der Waals surface area contributed by atoms with Gasteiger partial charge < -0.3 is 15.4 Å². The van der Waals surface area contributed by atoms with E-state index >= 15 is 0 Å². The Morgan fingerprint density at radius 1 is 0.958 bits per heavy atom. The van der Waals surface area contributed by atoms with Crippen molar-refractivity contribution < 1.29 is 4.74 Å². The molecule has 0 amide bonds. The third-order valence-corrected chi connectivity index (χ3v) is 4.00. The molecule has 2 aromatic carbocycles. The van der Waals surface area contributed by atoms with E-state index in [1.807, 2.05) is 6.07 Å². The number of nitrogens with one attached hydrogen (secondary N) is 2. The lowest BCUT2D eigenvalue weighted by atomic mass is 9.87. The predicted octanol–water partition coefficient (Wildman–Crippen LogP) is 5.42. The number of thiocarbonyl (C=S) groups is 1. The molecule has 24 heavy (non-hydrogen) atoms. The summed E-state index contributed by atoms with van der Waals surface area (Å²) in [7, 11) is 1.66. The fourth-order valence-corrected chi connectivity index (χ4v) is 2.83. The van der Waals surface area contributed by atoms with Crippen molar-refractivity contribution in [2.45, 2.75) is 40.0 Å². The zero-order chi connectivity index (χ0) is 17.9. The molecule has 4 heteroatoms. The Morgan fingerprint density at radius 3 is 2.12 bits per heavy atom. The molecule has 0 aliphatic rings. The van der Waals surface area contributed by atoms with Crippen molar-refractivity contribution in [1.29, 1.82) is 0 Å². The first kappa shape index (κ1) is 18.3. The zero-order valence-electron chi connectivity index (χ0n) is 15.3. The van der Waals surface area contributed by atoms with Crippen molar-refractivity contribution in [3.63, 3.8) is 0 Å². The maximum Gasteiger partial charge on any atom is 0.175 e. The highest BCUT2D eigenvalue weighted by molar-refractivity contribution is 7.80. The zero-order valence-corrected chi connectivity index (χ0v) is 16.1. The maximum absolute atomic E-state index is 5.47. The number of ether oxygens (including phenoxy) is 1. The lowest BCUT2D eigenvalue weighted by Crippen LogP contribution is -2.20. The maximum atomic E-state index is 5.47. The van der Waals surface area contributed by atoms with E-state index in [1.165, 1.54) is 16.7 Å². The monoisotopic (exact) mass is 342 g/mol. The van der Waals surface area contributed by atoms with E-state index in [4.69, 9.17) is 17.0 Å². The summed E-state index contributed by atoms with van der Waals surface area (Å²) in [5.41, 5.74) is 5.54. The van der Waals surface area contributed by atoms with Crippen LogP contribution in [0.4, 0.5) is 11.4 Å². The molecule has 0 unspecified atom stereocenters. The first-order valence-corrected chi connectivity index (χ1v) is 8.44. The average molecular weight is 343 g/mol. The van der Waals surface area contributed by atoms with Gasteiger partial charge in [-0.1, -0.05) is 32.9 Å². The number of benzene rings is 2. The molecule has 2 N–H and O–H groups in total. The fourth-order valence-electron chi connectivity index (χ4n) is 2.60.